The fourth-order valence-corrected chi connectivity index (χ4v) is 2.18. The summed E-state index contributed by atoms with van der Waals surface area (Å²) in [5.41, 5.74) is 5.58. The molecule has 1 aliphatic rings. The van der Waals surface area contributed by atoms with Crippen LogP contribution in [-0.2, 0) is 9.53 Å². The monoisotopic (exact) mass is 228 g/mol. The Kier molecular flexibility index (Phi) is 5.77. The molecule has 94 valence electrons. The van der Waals surface area contributed by atoms with Gasteiger partial charge in [0.05, 0.1) is 12.5 Å². The van der Waals surface area contributed by atoms with Crippen LogP contribution in [-0.4, -0.2) is 44.2 Å². The summed E-state index contributed by atoms with van der Waals surface area (Å²) in [6.45, 7) is 4.91. The largest absolute Gasteiger partial charge is 0.381 e. The normalized spacial score (nSPS) is 22.8. The molecule has 2 N–H and O–H groups in total. The van der Waals surface area contributed by atoms with Crippen molar-refractivity contribution in [2.24, 2.45) is 17.6 Å². The standard InChI is InChI=1S/C12H24N2O2/c1-3-11(7-13)12(15)14(2)8-10-5-4-6-16-9-10/h10-11H,3-9,13H2,1-2H3. The molecule has 1 aliphatic heterocycles. The molecule has 0 aromatic rings. The van der Waals surface area contributed by atoms with Gasteiger partial charge in [-0.25, -0.2) is 0 Å². The van der Waals surface area contributed by atoms with Gasteiger partial charge in [0, 0.05) is 26.7 Å². The maximum atomic E-state index is 12.0. The Balaban J connectivity index is 2.37. The van der Waals surface area contributed by atoms with E-state index in [-0.39, 0.29) is 11.8 Å². The van der Waals surface area contributed by atoms with Crippen molar-refractivity contribution in [1.82, 2.24) is 4.90 Å². The second-order valence-electron chi connectivity index (χ2n) is 4.64. The quantitative estimate of drug-likeness (QED) is 0.759. The summed E-state index contributed by atoms with van der Waals surface area (Å²) in [6.07, 6.45) is 3.10. The molecule has 1 heterocycles. The molecular formula is C12H24N2O2. The van der Waals surface area contributed by atoms with Gasteiger partial charge in [-0.1, -0.05) is 6.92 Å². The van der Waals surface area contributed by atoms with E-state index in [9.17, 15) is 4.79 Å². The highest BCUT2D eigenvalue weighted by atomic mass is 16.5. The van der Waals surface area contributed by atoms with Crippen molar-refractivity contribution in [2.45, 2.75) is 26.2 Å². The number of rotatable bonds is 5. The Morgan fingerprint density at radius 2 is 2.38 bits per heavy atom. The van der Waals surface area contributed by atoms with E-state index >= 15 is 0 Å². The van der Waals surface area contributed by atoms with Gasteiger partial charge < -0.3 is 15.4 Å². The minimum absolute atomic E-state index is 0.0190. The first-order valence-corrected chi connectivity index (χ1v) is 6.21. The fraction of sp³-hybridized carbons (Fsp3) is 0.917. The molecule has 1 fully saturated rings. The number of carbonyl (C=O) groups excluding carboxylic acids is 1. The smallest absolute Gasteiger partial charge is 0.226 e. The maximum absolute atomic E-state index is 12.0. The first kappa shape index (κ1) is 13.5. The fourth-order valence-electron chi connectivity index (χ4n) is 2.18. The number of ether oxygens (including phenoxy) is 1. The number of hydrogen-bond acceptors (Lipinski definition) is 3. The lowest BCUT2D eigenvalue weighted by Crippen LogP contribution is -2.40. The van der Waals surface area contributed by atoms with Crippen LogP contribution in [0, 0.1) is 11.8 Å². The van der Waals surface area contributed by atoms with Crippen LogP contribution in [0.5, 0.6) is 0 Å². The summed E-state index contributed by atoms with van der Waals surface area (Å²) in [5, 5.41) is 0. The van der Waals surface area contributed by atoms with Crippen molar-refractivity contribution in [3.05, 3.63) is 0 Å². The summed E-state index contributed by atoms with van der Waals surface area (Å²) in [7, 11) is 1.87. The van der Waals surface area contributed by atoms with Gasteiger partial charge in [0.15, 0.2) is 0 Å². The molecule has 4 nitrogen and oxygen atoms in total. The first-order valence-electron chi connectivity index (χ1n) is 6.21. The molecule has 0 spiro atoms. The zero-order valence-electron chi connectivity index (χ0n) is 10.4. The third kappa shape index (κ3) is 3.76. The van der Waals surface area contributed by atoms with Gasteiger partial charge in [-0.15, -0.1) is 0 Å². The molecule has 16 heavy (non-hydrogen) atoms. The molecule has 1 amide bonds. The van der Waals surface area contributed by atoms with Crippen LogP contribution in [0.25, 0.3) is 0 Å². The summed E-state index contributed by atoms with van der Waals surface area (Å²) >= 11 is 0. The van der Waals surface area contributed by atoms with E-state index in [1.807, 2.05) is 18.9 Å². The Morgan fingerprint density at radius 3 is 2.88 bits per heavy atom. The molecule has 0 aromatic carbocycles. The van der Waals surface area contributed by atoms with Gasteiger partial charge in [-0.3, -0.25) is 4.79 Å². The maximum Gasteiger partial charge on any atom is 0.226 e. The number of nitrogens with two attached hydrogens (primary N) is 1. The molecule has 0 saturated carbocycles. The average Bonchev–Trinajstić information content (AvgIpc) is 2.31. The van der Waals surface area contributed by atoms with Crippen LogP contribution >= 0.6 is 0 Å². The highest BCUT2D eigenvalue weighted by Crippen LogP contribution is 2.15. The summed E-state index contributed by atoms with van der Waals surface area (Å²) in [6, 6.07) is 0. The molecule has 0 radical (unpaired) electrons. The van der Waals surface area contributed by atoms with Crippen molar-refractivity contribution in [3.63, 3.8) is 0 Å². The van der Waals surface area contributed by atoms with E-state index < -0.39 is 0 Å². The molecular weight excluding hydrogens is 204 g/mol. The summed E-state index contributed by atoms with van der Waals surface area (Å²) < 4.78 is 5.41. The Hall–Kier alpha value is -0.610. The van der Waals surface area contributed by atoms with Gasteiger partial charge in [0.2, 0.25) is 5.91 Å². The van der Waals surface area contributed by atoms with Crippen molar-refractivity contribution >= 4 is 5.91 Å². The SMILES string of the molecule is CCC(CN)C(=O)N(C)CC1CCCOC1. The minimum atomic E-state index is -0.0190. The first-order chi connectivity index (χ1) is 7.69. The molecule has 0 aliphatic carbocycles. The average molecular weight is 228 g/mol. The van der Waals surface area contributed by atoms with Crippen LogP contribution in [0.1, 0.15) is 26.2 Å². The van der Waals surface area contributed by atoms with E-state index in [0.717, 1.165) is 39.0 Å². The Bertz CT molecular complexity index is 211. The van der Waals surface area contributed by atoms with Crippen LogP contribution in [0.4, 0.5) is 0 Å². The van der Waals surface area contributed by atoms with Crippen molar-refractivity contribution in [1.29, 1.82) is 0 Å². The second-order valence-corrected chi connectivity index (χ2v) is 4.64. The molecule has 0 bridgehead atoms. The third-order valence-corrected chi connectivity index (χ3v) is 3.29. The van der Waals surface area contributed by atoms with Crippen molar-refractivity contribution in [2.75, 3.05) is 33.4 Å². The molecule has 1 rings (SSSR count). The Labute approximate surface area is 98.1 Å². The molecule has 2 atom stereocenters. The number of carbonyl (C=O) groups is 1. The number of hydrogen-bond donors (Lipinski definition) is 1. The van der Waals surface area contributed by atoms with Crippen LogP contribution < -0.4 is 5.73 Å². The molecule has 0 aromatic heterocycles. The predicted molar refractivity (Wildman–Crippen MR) is 64.0 cm³/mol. The van der Waals surface area contributed by atoms with Gasteiger partial charge >= 0.3 is 0 Å². The highest BCUT2D eigenvalue weighted by molar-refractivity contribution is 5.78. The number of nitrogens with zero attached hydrogens (tertiary/aromatic N) is 1. The Morgan fingerprint density at radius 1 is 1.62 bits per heavy atom. The van der Waals surface area contributed by atoms with Gasteiger partial charge in [0.25, 0.3) is 0 Å². The van der Waals surface area contributed by atoms with Gasteiger partial charge in [-0.2, -0.15) is 0 Å². The lowest BCUT2D eigenvalue weighted by Gasteiger charge is -2.29. The zero-order valence-corrected chi connectivity index (χ0v) is 10.4. The highest BCUT2D eigenvalue weighted by Gasteiger charge is 2.22. The van der Waals surface area contributed by atoms with Crippen molar-refractivity contribution in [3.8, 4) is 0 Å². The van der Waals surface area contributed by atoms with E-state index in [1.54, 1.807) is 0 Å². The lowest BCUT2D eigenvalue weighted by atomic mass is 10.00. The topological polar surface area (TPSA) is 55.6 Å². The predicted octanol–water partition coefficient (Wildman–Crippen LogP) is 0.856. The molecule has 2 unspecified atom stereocenters. The van der Waals surface area contributed by atoms with E-state index in [4.69, 9.17) is 10.5 Å². The lowest BCUT2D eigenvalue weighted by molar-refractivity contribution is -0.135. The van der Waals surface area contributed by atoms with Crippen molar-refractivity contribution < 1.29 is 9.53 Å². The molecule has 4 heteroatoms. The van der Waals surface area contributed by atoms with Crippen LogP contribution in [0.3, 0.4) is 0 Å². The van der Waals surface area contributed by atoms with E-state index in [2.05, 4.69) is 0 Å². The van der Waals surface area contributed by atoms with Gasteiger partial charge in [0.1, 0.15) is 0 Å². The minimum Gasteiger partial charge on any atom is -0.381 e. The summed E-state index contributed by atoms with van der Waals surface area (Å²) in [4.78, 5) is 13.8. The number of amides is 1. The molecule has 1 saturated heterocycles. The summed E-state index contributed by atoms with van der Waals surface area (Å²) in [5.74, 6) is 0.656. The van der Waals surface area contributed by atoms with Crippen LogP contribution in [0.2, 0.25) is 0 Å². The van der Waals surface area contributed by atoms with Gasteiger partial charge in [-0.05, 0) is 25.2 Å². The zero-order chi connectivity index (χ0) is 12.0. The second kappa shape index (κ2) is 6.86. The van der Waals surface area contributed by atoms with Crippen LogP contribution in [0.15, 0.2) is 0 Å². The van der Waals surface area contributed by atoms with E-state index in [0.29, 0.717) is 12.5 Å². The third-order valence-electron chi connectivity index (χ3n) is 3.29. The van der Waals surface area contributed by atoms with E-state index in [1.165, 1.54) is 0 Å².